The third-order valence-corrected chi connectivity index (χ3v) is 3.39. The summed E-state index contributed by atoms with van der Waals surface area (Å²) in [6.07, 6.45) is 4.91. The molecule has 1 aliphatic rings. The molecule has 84 valence electrons. The zero-order valence-electron chi connectivity index (χ0n) is 9.45. The van der Waals surface area contributed by atoms with Crippen LogP contribution in [0.3, 0.4) is 0 Å². The van der Waals surface area contributed by atoms with Gasteiger partial charge in [0.2, 0.25) is 0 Å². The molecule has 0 spiro atoms. The Morgan fingerprint density at radius 3 is 2.80 bits per heavy atom. The molecule has 1 aliphatic carbocycles. The average molecular weight is 209 g/mol. The normalized spacial score (nSPS) is 18.9. The van der Waals surface area contributed by atoms with Crippen LogP contribution in [0.5, 0.6) is 0 Å². The molecule has 1 aromatic heterocycles. The quantitative estimate of drug-likeness (QED) is 0.768. The highest BCUT2D eigenvalue weighted by Gasteiger charge is 2.33. The minimum Gasteiger partial charge on any atom is -0.389 e. The maximum atomic E-state index is 9.88. The van der Waals surface area contributed by atoms with E-state index in [1.54, 1.807) is 0 Å². The highest BCUT2D eigenvalue weighted by atomic mass is 16.3. The summed E-state index contributed by atoms with van der Waals surface area (Å²) in [4.78, 5) is 0. The third kappa shape index (κ3) is 2.21. The first-order valence-electron chi connectivity index (χ1n) is 5.51. The number of aryl methyl sites for hydroxylation is 1. The minimum atomic E-state index is -0.434. The number of aromatic nitrogens is 2. The topological polar surface area (TPSA) is 50.1 Å². The van der Waals surface area contributed by atoms with Crippen LogP contribution >= 0.6 is 0 Å². The third-order valence-electron chi connectivity index (χ3n) is 3.39. The van der Waals surface area contributed by atoms with Crippen molar-refractivity contribution in [3.63, 3.8) is 0 Å². The van der Waals surface area contributed by atoms with Gasteiger partial charge in [-0.3, -0.25) is 4.68 Å². The fourth-order valence-corrected chi connectivity index (χ4v) is 1.91. The summed E-state index contributed by atoms with van der Waals surface area (Å²) >= 11 is 0. The summed E-state index contributed by atoms with van der Waals surface area (Å²) in [6, 6.07) is 0. The molecular formula is C11H19N3O. The maximum absolute atomic E-state index is 9.88. The Hall–Kier alpha value is -0.870. The second-order valence-electron chi connectivity index (χ2n) is 4.56. The molecule has 0 saturated heterocycles. The van der Waals surface area contributed by atoms with E-state index >= 15 is 0 Å². The van der Waals surface area contributed by atoms with Crippen LogP contribution in [0.15, 0.2) is 6.20 Å². The Morgan fingerprint density at radius 1 is 1.60 bits per heavy atom. The van der Waals surface area contributed by atoms with E-state index in [-0.39, 0.29) is 0 Å². The monoisotopic (exact) mass is 209 g/mol. The van der Waals surface area contributed by atoms with Crippen molar-refractivity contribution in [3.8, 4) is 0 Å². The van der Waals surface area contributed by atoms with Gasteiger partial charge in [-0.25, -0.2) is 0 Å². The van der Waals surface area contributed by atoms with Gasteiger partial charge in [0.25, 0.3) is 0 Å². The predicted octanol–water partition coefficient (Wildman–Crippen LogP) is 0.733. The zero-order valence-corrected chi connectivity index (χ0v) is 9.45. The summed E-state index contributed by atoms with van der Waals surface area (Å²) in [7, 11) is 1.94. The first-order chi connectivity index (χ1) is 7.11. The molecule has 1 aromatic rings. The van der Waals surface area contributed by atoms with Gasteiger partial charge in [0, 0.05) is 31.4 Å². The molecule has 1 fully saturated rings. The molecule has 0 atom stereocenters. The zero-order chi connectivity index (χ0) is 10.9. The largest absolute Gasteiger partial charge is 0.389 e. The molecule has 0 radical (unpaired) electrons. The number of aliphatic hydroxyl groups is 1. The van der Waals surface area contributed by atoms with E-state index in [2.05, 4.69) is 17.3 Å². The van der Waals surface area contributed by atoms with E-state index < -0.39 is 5.60 Å². The number of nitrogens with zero attached hydrogens (tertiary/aromatic N) is 2. The SMILES string of the molecule is Cc1c(CNCC2(O)CCC2)cnn1C. The van der Waals surface area contributed by atoms with Crippen LogP contribution in [-0.2, 0) is 13.6 Å². The Labute approximate surface area is 90.3 Å². The van der Waals surface area contributed by atoms with Crippen molar-refractivity contribution in [3.05, 3.63) is 17.5 Å². The van der Waals surface area contributed by atoms with Crippen molar-refractivity contribution in [2.24, 2.45) is 7.05 Å². The lowest BCUT2D eigenvalue weighted by molar-refractivity contribution is -0.0314. The molecule has 0 bridgehead atoms. The van der Waals surface area contributed by atoms with Crippen molar-refractivity contribution in [2.45, 2.75) is 38.3 Å². The molecule has 0 aliphatic heterocycles. The van der Waals surface area contributed by atoms with E-state index in [9.17, 15) is 5.11 Å². The van der Waals surface area contributed by atoms with Crippen LogP contribution in [0.25, 0.3) is 0 Å². The first kappa shape index (κ1) is 10.6. The molecule has 2 rings (SSSR count). The predicted molar refractivity (Wildman–Crippen MR) is 58.5 cm³/mol. The lowest BCUT2D eigenvalue weighted by Crippen LogP contribution is -2.46. The summed E-state index contributed by atoms with van der Waals surface area (Å²) in [5.74, 6) is 0. The molecule has 15 heavy (non-hydrogen) atoms. The average Bonchev–Trinajstić information content (AvgIpc) is 2.47. The van der Waals surface area contributed by atoms with Gasteiger partial charge < -0.3 is 10.4 Å². The molecule has 1 saturated carbocycles. The van der Waals surface area contributed by atoms with Gasteiger partial charge in [0.1, 0.15) is 0 Å². The summed E-state index contributed by atoms with van der Waals surface area (Å²) in [6.45, 7) is 3.55. The van der Waals surface area contributed by atoms with Crippen molar-refractivity contribution in [1.82, 2.24) is 15.1 Å². The second-order valence-corrected chi connectivity index (χ2v) is 4.56. The maximum Gasteiger partial charge on any atom is 0.0771 e. The van der Waals surface area contributed by atoms with Crippen molar-refractivity contribution in [1.29, 1.82) is 0 Å². The van der Waals surface area contributed by atoms with Gasteiger partial charge >= 0.3 is 0 Å². The number of rotatable bonds is 4. The molecule has 0 unspecified atom stereocenters. The Morgan fingerprint density at radius 2 is 2.33 bits per heavy atom. The Kier molecular flexibility index (Phi) is 2.80. The molecule has 4 heteroatoms. The summed E-state index contributed by atoms with van der Waals surface area (Å²) < 4.78 is 1.87. The number of hydrogen-bond donors (Lipinski definition) is 2. The van der Waals surface area contributed by atoms with Gasteiger partial charge in [-0.15, -0.1) is 0 Å². The van der Waals surface area contributed by atoms with Gasteiger partial charge in [0.05, 0.1) is 11.8 Å². The van der Waals surface area contributed by atoms with E-state index in [0.29, 0.717) is 6.54 Å². The van der Waals surface area contributed by atoms with Crippen molar-refractivity contribution in [2.75, 3.05) is 6.54 Å². The first-order valence-corrected chi connectivity index (χ1v) is 5.51. The van der Waals surface area contributed by atoms with Gasteiger partial charge in [-0.1, -0.05) is 0 Å². The summed E-state index contributed by atoms with van der Waals surface area (Å²) in [5.41, 5.74) is 1.96. The fraction of sp³-hybridized carbons (Fsp3) is 0.727. The molecular weight excluding hydrogens is 190 g/mol. The number of nitrogens with one attached hydrogen (secondary N) is 1. The molecule has 2 N–H and O–H groups in total. The van der Waals surface area contributed by atoms with E-state index in [0.717, 1.165) is 25.8 Å². The van der Waals surface area contributed by atoms with Crippen LogP contribution in [0.2, 0.25) is 0 Å². The van der Waals surface area contributed by atoms with Crippen molar-refractivity contribution >= 4 is 0 Å². The lowest BCUT2D eigenvalue weighted by atomic mass is 9.80. The fourth-order valence-electron chi connectivity index (χ4n) is 1.91. The van der Waals surface area contributed by atoms with E-state index in [1.807, 2.05) is 17.9 Å². The van der Waals surface area contributed by atoms with Crippen LogP contribution in [0.1, 0.15) is 30.5 Å². The second kappa shape index (κ2) is 3.94. The highest BCUT2D eigenvalue weighted by Crippen LogP contribution is 2.30. The smallest absolute Gasteiger partial charge is 0.0771 e. The van der Waals surface area contributed by atoms with E-state index in [4.69, 9.17) is 0 Å². The van der Waals surface area contributed by atoms with Crippen LogP contribution in [0.4, 0.5) is 0 Å². The molecule has 1 heterocycles. The van der Waals surface area contributed by atoms with Crippen LogP contribution < -0.4 is 5.32 Å². The van der Waals surface area contributed by atoms with Crippen molar-refractivity contribution < 1.29 is 5.11 Å². The molecule has 0 aromatic carbocycles. The molecule has 0 amide bonds. The summed E-state index contributed by atoms with van der Waals surface area (Å²) in [5, 5.41) is 17.4. The van der Waals surface area contributed by atoms with Gasteiger partial charge in [-0.05, 0) is 26.2 Å². The van der Waals surface area contributed by atoms with Crippen LogP contribution in [0, 0.1) is 6.92 Å². The lowest BCUT2D eigenvalue weighted by Gasteiger charge is -2.36. The van der Waals surface area contributed by atoms with Gasteiger partial charge in [0.15, 0.2) is 0 Å². The highest BCUT2D eigenvalue weighted by molar-refractivity contribution is 5.15. The Balaban J connectivity index is 1.81. The van der Waals surface area contributed by atoms with E-state index in [1.165, 1.54) is 11.3 Å². The minimum absolute atomic E-state index is 0.434. The molecule has 4 nitrogen and oxygen atoms in total. The standard InChI is InChI=1S/C11H19N3O/c1-9-10(7-13-14(9)2)6-12-8-11(15)4-3-5-11/h7,12,15H,3-6,8H2,1-2H3. The van der Waals surface area contributed by atoms with Crippen LogP contribution in [-0.4, -0.2) is 27.0 Å². The Bertz CT molecular complexity index is 342. The van der Waals surface area contributed by atoms with Gasteiger partial charge in [-0.2, -0.15) is 5.10 Å². The number of hydrogen-bond acceptors (Lipinski definition) is 3.